The largest absolute Gasteiger partial charge is 0.481 e. The minimum atomic E-state index is -0.949. The standard InChI is InChI=1S/C11H18O5/c12-9(7-8-11(15)16)5-3-1-2-4-6-10(13)14/h1-8H2,(H,13,14)(H,15,16). The molecule has 0 aromatic heterocycles. The van der Waals surface area contributed by atoms with Gasteiger partial charge in [0.05, 0.1) is 6.42 Å². The van der Waals surface area contributed by atoms with E-state index >= 15 is 0 Å². The lowest BCUT2D eigenvalue weighted by molar-refractivity contribution is -0.138. The summed E-state index contributed by atoms with van der Waals surface area (Å²) in [5.41, 5.74) is 0. The van der Waals surface area contributed by atoms with Crippen molar-refractivity contribution < 1.29 is 24.6 Å². The number of ketones is 1. The van der Waals surface area contributed by atoms with Crippen LogP contribution >= 0.6 is 0 Å². The lowest BCUT2D eigenvalue weighted by atomic mass is 10.1. The van der Waals surface area contributed by atoms with E-state index in [1.165, 1.54) is 0 Å². The molecule has 2 N–H and O–H groups in total. The average molecular weight is 230 g/mol. The molecule has 0 rings (SSSR count). The molecule has 0 amide bonds. The average Bonchev–Trinajstić information content (AvgIpc) is 2.19. The maximum atomic E-state index is 11.1. The van der Waals surface area contributed by atoms with Crippen LogP contribution in [0.4, 0.5) is 0 Å². The highest BCUT2D eigenvalue weighted by atomic mass is 16.4. The highest BCUT2D eigenvalue weighted by Crippen LogP contribution is 2.07. The van der Waals surface area contributed by atoms with Gasteiger partial charge >= 0.3 is 11.9 Å². The Morgan fingerprint density at radius 1 is 0.625 bits per heavy atom. The molecule has 92 valence electrons. The topological polar surface area (TPSA) is 91.7 Å². The molecule has 0 aromatic rings. The molecule has 5 nitrogen and oxygen atoms in total. The van der Waals surface area contributed by atoms with Crippen molar-refractivity contribution >= 4 is 17.7 Å². The minimum Gasteiger partial charge on any atom is -0.481 e. The van der Waals surface area contributed by atoms with Gasteiger partial charge in [-0.05, 0) is 12.8 Å². The summed E-state index contributed by atoms with van der Waals surface area (Å²) in [7, 11) is 0. The Morgan fingerprint density at radius 2 is 1.12 bits per heavy atom. The van der Waals surface area contributed by atoms with Crippen molar-refractivity contribution in [2.75, 3.05) is 0 Å². The van der Waals surface area contributed by atoms with Crippen molar-refractivity contribution in [3.05, 3.63) is 0 Å². The van der Waals surface area contributed by atoms with Crippen molar-refractivity contribution in [3.8, 4) is 0 Å². The first-order valence-electron chi connectivity index (χ1n) is 5.47. The van der Waals surface area contributed by atoms with E-state index in [-0.39, 0.29) is 25.0 Å². The third kappa shape index (κ3) is 10.7. The van der Waals surface area contributed by atoms with Crippen molar-refractivity contribution in [2.24, 2.45) is 0 Å². The van der Waals surface area contributed by atoms with Gasteiger partial charge in [0.2, 0.25) is 0 Å². The molecular weight excluding hydrogens is 212 g/mol. The van der Waals surface area contributed by atoms with Crippen molar-refractivity contribution in [1.29, 1.82) is 0 Å². The summed E-state index contributed by atoms with van der Waals surface area (Å²) in [6.45, 7) is 0. The lowest BCUT2D eigenvalue weighted by Gasteiger charge is -1.99. The second-order valence-corrected chi connectivity index (χ2v) is 3.74. The summed E-state index contributed by atoms with van der Waals surface area (Å²) in [6.07, 6.45) is 3.57. The fourth-order valence-corrected chi connectivity index (χ4v) is 1.32. The van der Waals surface area contributed by atoms with Gasteiger partial charge in [-0.25, -0.2) is 0 Å². The maximum Gasteiger partial charge on any atom is 0.303 e. The Morgan fingerprint density at radius 3 is 1.62 bits per heavy atom. The van der Waals surface area contributed by atoms with Crippen LogP contribution in [0.15, 0.2) is 0 Å². The van der Waals surface area contributed by atoms with Gasteiger partial charge in [-0.3, -0.25) is 14.4 Å². The minimum absolute atomic E-state index is 0.0272. The van der Waals surface area contributed by atoms with E-state index in [0.29, 0.717) is 12.8 Å². The number of aliphatic carboxylic acids is 2. The summed E-state index contributed by atoms with van der Waals surface area (Å²) < 4.78 is 0. The Balaban J connectivity index is 3.27. The first-order valence-corrected chi connectivity index (χ1v) is 5.47. The van der Waals surface area contributed by atoms with Crippen molar-refractivity contribution in [3.63, 3.8) is 0 Å². The molecule has 0 aliphatic carbocycles. The summed E-state index contributed by atoms with van der Waals surface area (Å²) in [6, 6.07) is 0. The normalized spacial score (nSPS) is 10.0. The predicted octanol–water partition coefficient (Wildman–Crippen LogP) is 1.85. The van der Waals surface area contributed by atoms with Crippen LogP contribution in [-0.4, -0.2) is 27.9 Å². The maximum absolute atomic E-state index is 11.1. The second-order valence-electron chi connectivity index (χ2n) is 3.74. The van der Waals surface area contributed by atoms with E-state index in [4.69, 9.17) is 10.2 Å². The van der Waals surface area contributed by atoms with E-state index in [2.05, 4.69) is 0 Å². The molecule has 16 heavy (non-hydrogen) atoms. The molecule has 0 fully saturated rings. The SMILES string of the molecule is O=C(O)CCCCCCC(=O)CCC(=O)O. The fraction of sp³-hybridized carbons (Fsp3) is 0.727. The van der Waals surface area contributed by atoms with Crippen molar-refractivity contribution in [1.82, 2.24) is 0 Å². The van der Waals surface area contributed by atoms with Crippen LogP contribution < -0.4 is 0 Å². The lowest BCUT2D eigenvalue weighted by Crippen LogP contribution is -2.03. The Kier molecular flexibility index (Phi) is 8.11. The van der Waals surface area contributed by atoms with E-state index in [9.17, 15) is 14.4 Å². The third-order valence-corrected chi connectivity index (χ3v) is 2.21. The van der Waals surface area contributed by atoms with Crippen LogP contribution in [-0.2, 0) is 14.4 Å². The molecule has 0 saturated heterocycles. The van der Waals surface area contributed by atoms with E-state index in [1.54, 1.807) is 0 Å². The van der Waals surface area contributed by atoms with E-state index in [1.807, 2.05) is 0 Å². The summed E-state index contributed by atoms with van der Waals surface area (Å²) in [4.78, 5) is 31.5. The van der Waals surface area contributed by atoms with Gasteiger partial charge in [-0.15, -0.1) is 0 Å². The van der Waals surface area contributed by atoms with Crippen molar-refractivity contribution in [2.45, 2.75) is 51.4 Å². The smallest absolute Gasteiger partial charge is 0.303 e. The number of carboxylic acid groups (broad SMARTS) is 2. The van der Waals surface area contributed by atoms with Crippen LogP contribution in [0.5, 0.6) is 0 Å². The number of hydrogen-bond acceptors (Lipinski definition) is 3. The zero-order valence-corrected chi connectivity index (χ0v) is 9.28. The summed E-state index contributed by atoms with van der Waals surface area (Å²) in [5.74, 6) is -1.77. The molecule has 0 saturated carbocycles. The van der Waals surface area contributed by atoms with Gasteiger partial charge in [-0.1, -0.05) is 12.8 Å². The van der Waals surface area contributed by atoms with Crippen LogP contribution in [0.1, 0.15) is 51.4 Å². The van der Waals surface area contributed by atoms with E-state index < -0.39 is 11.9 Å². The molecule has 5 heteroatoms. The number of hydrogen-bond donors (Lipinski definition) is 2. The van der Waals surface area contributed by atoms with Crippen LogP contribution in [0.2, 0.25) is 0 Å². The zero-order chi connectivity index (χ0) is 12.4. The Bertz CT molecular complexity index is 247. The molecular formula is C11H18O5. The molecule has 0 aliphatic heterocycles. The third-order valence-electron chi connectivity index (χ3n) is 2.21. The molecule has 0 unspecified atom stereocenters. The zero-order valence-electron chi connectivity index (χ0n) is 9.28. The van der Waals surface area contributed by atoms with Gasteiger partial charge in [0.25, 0.3) is 0 Å². The van der Waals surface area contributed by atoms with Crippen LogP contribution in [0, 0.1) is 0 Å². The molecule has 0 radical (unpaired) electrons. The van der Waals surface area contributed by atoms with E-state index in [0.717, 1.165) is 19.3 Å². The molecule has 0 aromatic carbocycles. The summed E-state index contributed by atoms with van der Waals surface area (Å²) >= 11 is 0. The number of rotatable bonds is 10. The summed E-state index contributed by atoms with van der Waals surface area (Å²) in [5, 5.41) is 16.7. The van der Waals surface area contributed by atoms with Gasteiger partial charge in [0, 0.05) is 19.3 Å². The number of carboxylic acids is 2. The number of Topliss-reactive ketones (excluding diaryl/α,β-unsaturated/α-hetero) is 1. The number of carbonyl (C=O) groups excluding carboxylic acids is 1. The molecule has 0 bridgehead atoms. The molecule has 0 aliphatic rings. The fourth-order valence-electron chi connectivity index (χ4n) is 1.32. The highest BCUT2D eigenvalue weighted by molar-refractivity contribution is 5.82. The van der Waals surface area contributed by atoms with Crippen LogP contribution in [0.25, 0.3) is 0 Å². The monoisotopic (exact) mass is 230 g/mol. The first kappa shape index (κ1) is 14.6. The molecule has 0 spiro atoms. The second kappa shape index (κ2) is 8.88. The number of carbonyl (C=O) groups is 3. The van der Waals surface area contributed by atoms with Gasteiger partial charge in [0.1, 0.15) is 5.78 Å². The quantitative estimate of drug-likeness (QED) is 0.559. The molecule has 0 atom stereocenters. The van der Waals surface area contributed by atoms with Gasteiger partial charge in [0.15, 0.2) is 0 Å². The Hall–Kier alpha value is -1.39. The number of unbranched alkanes of at least 4 members (excludes halogenated alkanes) is 3. The highest BCUT2D eigenvalue weighted by Gasteiger charge is 2.05. The first-order chi connectivity index (χ1) is 7.52. The molecule has 0 heterocycles. The predicted molar refractivity (Wildman–Crippen MR) is 57.2 cm³/mol. The Labute approximate surface area is 94.5 Å². The van der Waals surface area contributed by atoms with Crippen LogP contribution in [0.3, 0.4) is 0 Å². The van der Waals surface area contributed by atoms with Gasteiger partial charge in [-0.2, -0.15) is 0 Å². The van der Waals surface area contributed by atoms with Gasteiger partial charge < -0.3 is 10.2 Å².